The number of hydrogen-bond acceptors (Lipinski definition) is 2. The van der Waals surface area contributed by atoms with Gasteiger partial charge in [0.05, 0.1) is 6.61 Å². The molecule has 0 radical (unpaired) electrons. The monoisotopic (exact) mass is 99.1 g/mol. The fourth-order valence-electron chi connectivity index (χ4n) is 0.194. The van der Waals surface area contributed by atoms with E-state index in [9.17, 15) is 0 Å². The van der Waals surface area contributed by atoms with Gasteiger partial charge in [-0.25, -0.2) is 0 Å². The van der Waals surface area contributed by atoms with E-state index in [0.717, 1.165) is 0 Å². The Balaban J connectivity index is 3.09. The van der Waals surface area contributed by atoms with Gasteiger partial charge in [0.15, 0.2) is 0 Å². The lowest BCUT2D eigenvalue weighted by Crippen LogP contribution is -1.77. The molecule has 0 fully saturated rings. The molecule has 0 aromatic carbocycles. The van der Waals surface area contributed by atoms with E-state index in [1.54, 1.807) is 12.3 Å². The Kier molecular flexibility index (Phi) is 4.89. The van der Waals surface area contributed by atoms with Crippen LogP contribution in [0.4, 0.5) is 0 Å². The van der Waals surface area contributed by atoms with Gasteiger partial charge in [-0.3, -0.25) is 4.99 Å². The van der Waals surface area contributed by atoms with Crippen LogP contribution in [-0.2, 0) is 0 Å². The zero-order valence-corrected chi connectivity index (χ0v) is 4.33. The molecule has 0 aliphatic rings. The Bertz CT molecular complexity index is 76.1. The summed E-state index contributed by atoms with van der Waals surface area (Å²) < 4.78 is 0. The lowest BCUT2D eigenvalue weighted by Gasteiger charge is -1.71. The predicted octanol–water partition coefficient (Wildman–Crippen LogP) is 0.583. The molecule has 7 heavy (non-hydrogen) atoms. The van der Waals surface area contributed by atoms with Crippen molar-refractivity contribution < 1.29 is 5.11 Å². The summed E-state index contributed by atoms with van der Waals surface area (Å²) in [5.74, 6) is 0. The van der Waals surface area contributed by atoms with Crippen LogP contribution in [0.5, 0.6) is 0 Å². The van der Waals surface area contributed by atoms with E-state index >= 15 is 0 Å². The highest BCUT2D eigenvalue weighted by atomic mass is 16.2. The van der Waals surface area contributed by atoms with E-state index in [-0.39, 0.29) is 6.61 Å². The smallest absolute Gasteiger partial charge is 0.0783 e. The lowest BCUT2D eigenvalue weighted by molar-refractivity contribution is 0.361. The van der Waals surface area contributed by atoms with Gasteiger partial charge in [-0.2, -0.15) is 0 Å². The van der Waals surface area contributed by atoms with Crippen molar-refractivity contribution in [3.8, 4) is 0 Å². The maximum Gasteiger partial charge on any atom is 0.0783 e. The van der Waals surface area contributed by atoms with E-state index in [1.807, 2.05) is 6.92 Å². The van der Waals surface area contributed by atoms with Crippen LogP contribution in [0.2, 0.25) is 0 Å². The third-order valence-electron chi connectivity index (χ3n) is 0.422. The molecule has 2 nitrogen and oxygen atoms in total. The number of aliphatic imine (C=N–C) groups is 1. The van der Waals surface area contributed by atoms with Crippen LogP contribution in [0, 0.1) is 0 Å². The first kappa shape index (κ1) is 6.37. The van der Waals surface area contributed by atoms with Gasteiger partial charge in [0, 0.05) is 12.4 Å². The van der Waals surface area contributed by atoms with Gasteiger partial charge in [0.1, 0.15) is 0 Å². The SMILES string of the molecule is CC=CN=CCO. The molecule has 0 aromatic rings. The Morgan fingerprint density at radius 1 is 1.71 bits per heavy atom. The number of aliphatic hydroxyl groups excluding tert-OH is 1. The summed E-state index contributed by atoms with van der Waals surface area (Å²) in [7, 11) is 0. The van der Waals surface area contributed by atoms with Gasteiger partial charge in [0.2, 0.25) is 0 Å². The molecule has 0 aliphatic carbocycles. The highest BCUT2D eigenvalue weighted by Crippen LogP contribution is 1.67. The standard InChI is InChI=1S/C5H9NO/c1-2-3-6-4-5-7/h2-4,7H,5H2,1H3. The summed E-state index contributed by atoms with van der Waals surface area (Å²) in [6.07, 6.45) is 4.85. The maximum absolute atomic E-state index is 8.11. The fourth-order valence-corrected chi connectivity index (χ4v) is 0.194. The first-order chi connectivity index (χ1) is 3.41. The predicted molar refractivity (Wildman–Crippen MR) is 30.4 cm³/mol. The van der Waals surface area contributed by atoms with E-state index in [4.69, 9.17) is 5.11 Å². The molecule has 0 rings (SSSR count). The molecule has 40 valence electrons. The zero-order valence-electron chi connectivity index (χ0n) is 4.33. The lowest BCUT2D eigenvalue weighted by atomic mass is 10.7. The molecule has 0 unspecified atom stereocenters. The van der Waals surface area contributed by atoms with Crippen molar-refractivity contribution in [2.75, 3.05) is 6.61 Å². The Labute approximate surface area is 43.2 Å². The first-order valence-electron chi connectivity index (χ1n) is 2.15. The molecule has 0 atom stereocenters. The molecule has 0 aromatic heterocycles. The van der Waals surface area contributed by atoms with Crippen LogP contribution < -0.4 is 0 Å². The molecule has 0 amide bonds. The number of hydrogen-bond donors (Lipinski definition) is 1. The van der Waals surface area contributed by atoms with E-state index in [1.165, 1.54) is 6.21 Å². The van der Waals surface area contributed by atoms with Crippen molar-refractivity contribution in [2.45, 2.75) is 6.92 Å². The van der Waals surface area contributed by atoms with E-state index in [0.29, 0.717) is 0 Å². The van der Waals surface area contributed by atoms with Crippen molar-refractivity contribution in [3.63, 3.8) is 0 Å². The molecule has 2 heteroatoms. The molecule has 0 saturated carbocycles. The maximum atomic E-state index is 8.11. The van der Waals surface area contributed by atoms with Crippen LogP contribution in [0.15, 0.2) is 17.3 Å². The number of allylic oxidation sites excluding steroid dienone is 1. The largest absolute Gasteiger partial charge is 0.391 e. The third kappa shape index (κ3) is 5.37. The number of rotatable bonds is 2. The molecular weight excluding hydrogens is 90.1 g/mol. The highest BCUT2D eigenvalue weighted by Gasteiger charge is 1.58. The van der Waals surface area contributed by atoms with Crippen molar-refractivity contribution in [3.05, 3.63) is 12.3 Å². The van der Waals surface area contributed by atoms with E-state index in [2.05, 4.69) is 4.99 Å². The van der Waals surface area contributed by atoms with Crippen LogP contribution in [0.3, 0.4) is 0 Å². The molecule has 0 bridgehead atoms. The van der Waals surface area contributed by atoms with Gasteiger partial charge in [0.25, 0.3) is 0 Å². The van der Waals surface area contributed by atoms with Crippen LogP contribution in [0.25, 0.3) is 0 Å². The van der Waals surface area contributed by atoms with Crippen molar-refractivity contribution in [2.24, 2.45) is 4.99 Å². The third-order valence-corrected chi connectivity index (χ3v) is 0.422. The van der Waals surface area contributed by atoms with Crippen LogP contribution >= 0.6 is 0 Å². The first-order valence-corrected chi connectivity index (χ1v) is 2.15. The normalized spacial score (nSPS) is 11.7. The van der Waals surface area contributed by atoms with Crippen LogP contribution in [-0.4, -0.2) is 17.9 Å². The average Bonchev–Trinajstić information content (AvgIpc) is 1.69. The van der Waals surface area contributed by atoms with Crippen molar-refractivity contribution >= 4 is 6.21 Å². The Hall–Kier alpha value is -0.630. The highest BCUT2D eigenvalue weighted by molar-refractivity contribution is 5.58. The molecular formula is C5H9NO. The van der Waals surface area contributed by atoms with Crippen molar-refractivity contribution in [1.29, 1.82) is 0 Å². The minimum atomic E-state index is 0.0182. The quantitative estimate of drug-likeness (QED) is 0.505. The van der Waals surface area contributed by atoms with Gasteiger partial charge in [-0.05, 0) is 6.92 Å². The number of nitrogens with zero attached hydrogens (tertiary/aromatic N) is 1. The molecule has 0 aliphatic heterocycles. The van der Waals surface area contributed by atoms with E-state index < -0.39 is 0 Å². The second kappa shape index (κ2) is 5.37. The second-order valence-electron chi connectivity index (χ2n) is 0.997. The fraction of sp³-hybridized carbons (Fsp3) is 0.400. The average molecular weight is 99.1 g/mol. The topological polar surface area (TPSA) is 32.6 Å². The van der Waals surface area contributed by atoms with Gasteiger partial charge in [-0.1, -0.05) is 6.08 Å². The van der Waals surface area contributed by atoms with Crippen molar-refractivity contribution in [1.82, 2.24) is 0 Å². The minimum Gasteiger partial charge on any atom is -0.391 e. The molecule has 0 saturated heterocycles. The molecule has 1 N–H and O–H groups in total. The Morgan fingerprint density at radius 3 is 2.86 bits per heavy atom. The molecule has 0 spiro atoms. The second-order valence-corrected chi connectivity index (χ2v) is 0.997. The molecule has 0 heterocycles. The van der Waals surface area contributed by atoms with Crippen LogP contribution in [0.1, 0.15) is 6.92 Å². The summed E-state index contributed by atoms with van der Waals surface area (Å²) in [6, 6.07) is 0. The number of aliphatic hydroxyl groups is 1. The minimum absolute atomic E-state index is 0.0182. The summed E-state index contributed by atoms with van der Waals surface area (Å²) in [5, 5.41) is 8.11. The van der Waals surface area contributed by atoms with Gasteiger partial charge in [-0.15, -0.1) is 0 Å². The van der Waals surface area contributed by atoms with Gasteiger partial charge < -0.3 is 5.11 Å². The Morgan fingerprint density at radius 2 is 2.43 bits per heavy atom. The summed E-state index contributed by atoms with van der Waals surface area (Å²) >= 11 is 0. The summed E-state index contributed by atoms with van der Waals surface area (Å²) in [5.41, 5.74) is 0. The van der Waals surface area contributed by atoms with Gasteiger partial charge >= 0.3 is 0 Å². The zero-order chi connectivity index (χ0) is 5.54. The summed E-state index contributed by atoms with van der Waals surface area (Å²) in [4.78, 5) is 3.65. The summed E-state index contributed by atoms with van der Waals surface area (Å²) in [6.45, 7) is 1.89.